The molecule has 0 radical (unpaired) electrons. The van der Waals surface area contributed by atoms with Gasteiger partial charge < -0.3 is 5.73 Å². The summed E-state index contributed by atoms with van der Waals surface area (Å²) in [5.41, 5.74) is 9.88. The van der Waals surface area contributed by atoms with Crippen LogP contribution in [0.15, 0.2) is 18.2 Å². The van der Waals surface area contributed by atoms with E-state index in [4.69, 9.17) is 17.3 Å². The fraction of sp³-hybridized carbons (Fsp3) is 0.308. The normalized spacial score (nSPS) is 11.3. The number of hydrogen-bond acceptors (Lipinski definition) is 2. The number of pyridine rings is 1. The Labute approximate surface area is 100 Å². The second kappa shape index (κ2) is 3.95. The molecule has 1 aromatic carbocycles. The second-order valence-corrected chi connectivity index (χ2v) is 4.72. The van der Waals surface area contributed by atoms with Crippen LogP contribution in [0.25, 0.3) is 10.9 Å². The first kappa shape index (κ1) is 11.2. The molecule has 3 heteroatoms. The van der Waals surface area contributed by atoms with E-state index in [1.807, 2.05) is 25.1 Å². The number of hydrogen-bond donors (Lipinski definition) is 1. The molecule has 0 aliphatic heterocycles. The van der Waals surface area contributed by atoms with Gasteiger partial charge in [-0.3, -0.25) is 4.98 Å². The van der Waals surface area contributed by atoms with Crippen LogP contribution in [-0.2, 0) is 0 Å². The molecule has 0 spiro atoms. The molecule has 0 aliphatic carbocycles. The molecule has 0 amide bonds. The Morgan fingerprint density at radius 2 is 2.00 bits per heavy atom. The lowest BCUT2D eigenvalue weighted by Crippen LogP contribution is -2.03. The van der Waals surface area contributed by atoms with E-state index in [1.165, 1.54) is 0 Å². The minimum atomic E-state index is 0.371. The van der Waals surface area contributed by atoms with Crippen molar-refractivity contribution < 1.29 is 0 Å². The van der Waals surface area contributed by atoms with E-state index in [-0.39, 0.29) is 0 Å². The summed E-state index contributed by atoms with van der Waals surface area (Å²) in [7, 11) is 0. The number of fused-ring (bicyclic) bond motifs is 1. The number of anilines is 1. The summed E-state index contributed by atoms with van der Waals surface area (Å²) in [4.78, 5) is 4.55. The standard InChI is InChI=1S/C13H15ClN2/c1-7(2)11-8(3)16-13-9(12(11)15)5-4-6-10(13)14/h4-7H,1-3H3,(H2,15,16). The number of nitrogen functional groups attached to an aromatic ring is 1. The first-order valence-corrected chi connectivity index (χ1v) is 5.74. The SMILES string of the molecule is Cc1nc2c(Cl)cccc2c(N)c1C(C)C. The third-order valence-corrected chi connectivity index (χ3v) is 3.12. The van der Waals surface area contributed by atoms with Gasteiger partial charge in [0.1, 0.15) is 0 Å². The van der Waals surface area contributed by atoms with Crippen molar-refractivity contribution in [1.82, 2.24) is 4.98 Å². The van der Waals surface area contributed by atoms with E-state index in [1.54, 1.807) is 0 Å². The van der Waals surface area contributed by atoms with Gasteiger partial charge in [-0.15, -0.1) is 0 Å². The number of aryl methyl sites for hydroxylation is 1. The molecule has 1 heterocycles. The summed E-state index contributed by atoms with van der Waals surface area (Å²) in [6, 6.07) is 5.71. The maximum atomic E-state index is 6.19. The van der Waals surface area contributed by atoms with Gasteiger partial charge in [-0.25, -0.2) is 0 Å². The molecule has 2 nitrogen and oxygen atoms in total. The van der Waals surface area contributed by atoms with Crippen molar-refractivity contribution in [3.8, 4) is 0 Å². The summed E-state index contributed by atoms with van der Waals surface area (Å²) >= 11 is 6.11. The first-order chi connectivity index (χ1) is 7.52. The Hall–Kier alpha value is -1.28. The number of nitrogens with zero attached hydrogens (tertiary/aromatic N) is 1. The average Bonchev–Trinajstić information content (AvgIpc) is 2.19. The van der Waals surface area contributed by atoms with Gasteiger partial charge in [0.15, 0.2) is 0 Å². The summed E-state index contributed by atoms with van der Waals surface area (Å²) in [5, 5.41) is 1.60. The van der Waals surface area contributed by atoms with Crippen molar-refractivity contribution >= 4 is 28.2 Å². The zero-order chi connectivity index (χ0) is 11.9. The second-order valence-electron chi connectivity index (χ2n) is 4.32. The average molecular weight is 235 g/mol. The first-order valence-electron chi connectivity index (χ1n) is 5.36. The predicted molar refractivity (Wildman–Crippen MR) is 70.0 cm³/mol. The van der Waals surface area contributed by atoms with Crippen LogP contribution in [-0.4, -0.2) is 4.98 Å². The van der Waals surface area contributed by atoms with Crippen molar-refractivity contribution in [2.45, 2.75) is 26.7 Å². The third-order valence-electron chi connectivity index (χ3n) is 2.81. The van der Waals surface area contributed by atoms with E-state index in [0.29, 0.717) is 10.9 Å². The van der Waals surface area contributed by atoms with Crippen molar-refractivity contribution in [2.75, 3.05) is 5.73 Å². The van der Waals surface area contributed by atoms with Crippen LogP contribution >= 0.6 is 11.6 Å². The number of nitrogens with two attached hydrogens (primary N) is 1. The van der Waals surface area contributed by atoms with Gasteiger partial charge in [-0.1, -0.05) is 37.6 Å². The zero-order valence-corrected chi connectivity index (χ0v) is 10.5. The number of aromatic nitrogens is 1. The van der Waals surface area contributed by atoms with E-state index in [9.17, 15) is 0 Å². The highest BCUT2D eigenvalue weighted by Crippen LogP contribution is 2.33. The van der Waals surface area contributed by atoms with Gasteiger partial charge >= 0.3 is 0 Å². The summed E-state index contributed by atoms with van der Waals surface area (Å²) in [6.07, 6.45) is 0. The number of para-hydroxylation sites is 1. The maximum Gasteiger partial charge on any atom is 0.0912 e. The van der Waals surface area contributed by atoms with E-state index in [2.05, 4.69) is 18.8 Å². The molecule has 2 aromatic rings. The molecule has 0 atom stereocenters. The lowest BCUT2D eigenvalue weighted by Gasteiger charge is -2.15. The minimum Gasteiger partial charge on any atom is -0.398 e. The molecule has 0 saturated carbocycles. The molecule has 16 heavy (non-hydrogen) atoms. The minimum absolute atomic E-state index is 0.371. The molecular formula is C13H15ClN2. The molecule has 84 valence electrons. The highest BCUT2D eigenvalue weighted by molar-refractivity contribution is 6.35. The Bertz CT molecular complexity index is 547. The summed E-state index contributed by atoms with van der Waals surface area (Å²) in [6.45, 7) is 6.22. The van der Waals surface area contributed by atoms with Crippen LogP contribution in [0.1, 0.15) is 31.0 Å². The van der Waals surface area contributed by atoms with Crippen LogP contribution in [0.3, 0.4) is 0 Å². The Balaban J connectivity index is 2.89. The Morgan fingerprint density at radius 3 is 2.62 bits per heavy atom. The fourth-order valence-corrected chi connectivity index (χ4v) is 2.36. The topological polar surface area (TPSA) is 38.9 Å². The highest BCUT2D eigenvalue weighted by Gasteiger charge is 2.14. The Morgan fingerprint density at radius 1 is 1.31 bits per heavy atom. The van der Waals surface area contributed by atoms with Gasteiger partial charge in [-0.2, -0.15) is 0 Å². The van der Waals surface area contributed by atoms with Crippen molar-refractivity contribution in [3.05, 3.63) is 34.5 Å². The lowest BCUT2D eigenvalue weighted by molar-refractivity contribution is 0.851. The van der Waals surface area contributed by atoms with Crippen molar-refractivity contribution in [2.24, 2.45) is 0 Å². The monoisotopic (exact) mass is 234 g/mol. The van der Waals surface area contributed by atoms with Crippen LogP contribution in [0.2, 0.25) is 5.02 Å². The maximum absolute atomic E-state index is 6.19. The van der Waals surface area contributed by atoms with E-state index < -0.39 is 0 Å². The molecule has 0 bridgehead atoms. The zero-order valence-electron chi connectivity index (χ0n) is 9.71. The smallest absolute Gasteiger partial charge is 0.0912 e. The number of halogens is 1. The van der Waals surface area contributed by atoms with Crippen LogP contribution in [0.4, 0.5) is 5.69 Å². The molecular weight excluding hydrogens is 220 g/mol. The molecule has 0 aliphatic rings. The molecule has 2 rings (SSSR count). The van der Waals surface area contributed by atoms with Gasteiger partial charge in [0.05, 0.1) is 10.5 Å². The quantitative estimate of drug-likeness (QED) is 0.813. The van der Waals surface area contributed by atoms with Crippen molar-refractivity contribution in [1.29, 1.82) is 0 Å². The van der Waals surface area contributed by atoms with Crippen LogP contribution in [0.5, 0.6) is 0 Å². The molecule has 1 aromatic heterocycles. The largest absolute Gasteiger partial charge is 0.398 e. The summed E-state index contributed by atoms with van der Waals surface area (Å²) in [5.74, 6) is 0.371. The molecule has 0 fully saturated rings. The molecule has 0 unspecified atom stereocenters. The predicted octanol–water partition coefficient (Wildman–Crippen LogP) is 3.90. The van der Waals surface area contributed by atoms with Gasteiger partial charge in [0.25, 0.3) is 0 Å². The third kappa shape index (κ3) is 1.63. The number of rotatable bonds is 1. The van der Waals surface area contributed by atoms with Gasteiger partial charge in [0, 0.05) is 16.8 Å². The Kier molecular flexibility index (Phi) is 2.76. The van der Waals surface area contributed by atoms with E-state index >= 15 is 0 Å². The van der Waals surface area contributed by atoms with Crippen molar-refractivity contribution in [3.63, 3.8) is 0 Å². The highest BCUT2D eigenvalue weighted by atomic mass is 35.5. The van der Waals surface area contributed by atoms with Crippen LogP contribution < -0.4 is 5.73 Å². The van der Waals surface area contributed by atoms with Gasteiger partial charge in [-0.05, 0) is 24.5 Å². The fourth-order valence-electron chi connectivity index (χ4n) is 2.14. The summed E-state index contributed by atoms with van der Waals surface area (Å²) < 4.78 is 0. The molecule has 0 saturated heterocycles. The number of benzene rings is 1. The lowest BCUT2D eigenvalue weighted by atomic mass is 9.97. The van der Waals surface area contributed by atoms with Crippen LogP contribution in [0, 0.1) is 6.92 Å². The molecule has 2 N–H and O–H groups in total. The van der Waals surface area contributed by atoms with Gasteiger partial charge in [0.2, 0.25) is 0 Å². The van der Waals surface area contributed by atoms with E-state index in [0.717, 1.165) is 27.8 Å².